The van der Waals surface area contributed by atoms with Crippen LogP contribution in [-0.2, 0) is 11.2 Å². The highest BCUT2D eigenvalue weighted by molar-refractivity contribution is 5.91. The lowest BCUT2D eigenvalue weighted by atomic mass is 10.2. The van der Waals surface area contributed by atoms with Gasteiger partial charge in [-0.05, 0) is 36.4 Å². The number of ether oxygens (including phenoxy) is 2. The molecule has 0 atom stereocenters. The molecule has 1 aliphatic rings. The van der Waals surface area contributed by atoms with E-state index < -0.39 is 6.29 Å². The van der Waals surface area contributed by atoms with Crippen molar-refractivity contribution in [2.24, 2.45) is 0 Å². The first kappa shape index (κ1) is 17.8. The number of hydrogen-bond acceptors (Lipinski definition) is 6. The van der Waals surface area contributed by atoms with Crippen molar-refractivity contribution in [1.29, 1.82) is 0 Å². The molecule has 1 amide bonds. The zero-order valence-corrected chi connectivity index (χ0v) is 14.1. The first-order chi connectivity index (χ1) is 13.4. The molecular weight excluding hydrogens is 379 g/mol. The number of benzene rings is 2. The Bertz CT molecular complexity index is 1020. The Morgan fingerprint density at radius 1 is 1.07 bits per heavy atom. The zero-order chi connectivity index (χ0) is 19.7. The summed E-state index contributed by atoms with van der Waals surface area (Å²) in [6, 6.07) is 9.52. The van der Waals surface area contributed by atoms with E-state index in [1.54, 1.807) is 0 Å². The van der Waals surface area contributed by atoms with Gasteiger partial charge in [0.1, 0.15) is 5.82 Å². The van der Waals surface area contributed by atoms with Gasteiger partial charge in [-0.1, -0.05) is 5.16 Å². The third-order valence-corrected chi connectivity index (χ3v) is 3.82. The molecule has 2 heterocycles. The molecule has 0 aliphatic carbocycles. The fourth-order valence-corrected chi connectivity index (χ4v) is 2.54. The Kier molecular flexibility index (Phi) is 4.38. The summed E-state index contributed by atoms with van der Waals surface area (Å²) >= 11 is 0. The molecule has 3 aromatic rings. The van der Waals surface area contributed by atoms with Crippen LogP contribution in [0.5, 0.6) is 11.5 Å². The molecule has 28 heavy (non-hydrogen) atoms. The van der Waals surface area contributed by atoms with E-state index in [1.807, 2.05) is 0 Å². The molecule has 0 unspecified atom stereocenters. The number of alkyl halides is 2. The van der Waals surface area contributed by atoms with E-state index in [2.05, 4.69) is 24.9 Å². The monoisotopic (exact) mass is 391 g/mol. The van der Waals surface area contributed by atoms with Crippen LogP contribution in [0.4, 0.5) is 18.9 Å². The van der Waals surface area contributed by atoms with Gasteiger partial charge < -0.3 is 19.3 Å². The molecule has 1 N–H and O–H groups in total. The van der Waals surface area contributed by atoms with E-state index >= 15 is 0 Å². The summed E-state index contributed by atoms with van der Waals surface area (Å²) in [5.74, 6) is -0.513. The Morgan fingerprint density at radius 2 is 1.82 bits per heavy atom. The first-order valence-electron chi connectivity index (χ1n) is 8.16. The normalized spacial score (nSPS) is 14.1. The number of anilines is 1. The molecule has 7 nitrogen and oxygen atoms in total. The van der Waals surface area contributed by atoms with Gasteiger partial charge in [0.05, 0.1) is 0 Å². The summed E-state index contributed by atoms with van der Waals surface area (Å²) in [5, 5.41) is 6.35. The minimum absolute atomic E-state index is 0.0235. The van der Waals surface area contributed by atoms with E-state index in [0.29, 0.717) is 5.56 Å². The summed E-state index contributed by atoms with van der Waals surface area (Å²) in [6.07, 6.45) is -3.52. The highest BCUT2D eigenvalue weighted by Gasteiger charge is 2.43. The van der Waals surface area contributed by atoms with Gasteiger partial charge in [0.2, 0.25) is 17.6 Å². The van der Waals surface area contributed by atoms with Crippen molar-refractivity contribution in [3.63, 3.8) is 0 Å². The number of nitrogens with one attached hydrogen (secondary N) is 1. The maximum atomic E-state index is 13.0. The lowest BCUT2D eigenvalue weighted by Crippen LogP contribution is -2.25. The van der Waals surface area contributed by atoms with Crippen LogP contribution in [0.25, 0.3) is 11.4 Å². The van der Waals surface area contributed by atoms with E-state index in [9.17, 15) is 18.0 Å². The highest BCUT2D eigenvalue weighted by Crippen LogP contribution is 2.42. The Labute approximate surface area is 156 Å². The van der Waals surface area contributed by atoms with Gasteiger partial charge >= 0.3 is 6.29 Å². The van der Waals surface area contributed by atoms with Gasteiger partial charge in [-0.3, -0.25) is 4.79 Å². The second kappa shape index (κ2) is 6.87. The Morgan fingerprint density at radius 3 is 2.61 bits per heavy atom. The standard InChI is InChI=1S/C18H12F3N3O4/c19-11-3-1-10(2-4-11)17-23-16(28-24-17)8-7-15(25)22-12-5-6-13-14(9-12)27-18(20,21)26-13/h1-6,9H,7-8H2,(H,22,25). The third-order valence-electron chi connectivity index (χ3n) is 3.82. The van der Waals surface area contributed by atoms with Crippen LogP contribution in [0.2, 0.25) is 0 Å². The number of carbonyl (C=O) groups is 1. The molecule has 0 spiro atoms. The number of aromatic nitrogens is 2. The van der Waals surface area contributed by atoms with Gasteiger partial charge in [-0.15, -0.1) is 8.78 Å². The molecule has 0 radical (unpaired) electrons. The molecule has 0 saturated carbocycles. The molecule has 1 aliphatic heterocycles. The summed E-state index contributed by atoms with van der Waals surface area (Å²) in [6.45, 7) is 0. The summed E-state index contributed by atoms with van der Waals surface area (Å²) in [5.41, 5.74) is 0.862. The molecule has 0 fully saturated rings. The second-order valence-electron chi connectivity index (χ2n) is 5.90. The largest absolute Gasteiger partial charge is 0.586 e. The van der Waals surface area contributed by atoms with Gasteiger partial charge in [0, 0.05) is 30.2 Å². The van der Waals surface area contributed by atoms with Gasteiger partial charge in [0.15, 0.2) is 11.5 Å². The van der Waals surface area contributed by atoms with E-state index in [1.165, 1.54) is 42.5 Å². The fraction of sp³-hybridized carbons (Fsp3) is 0.167. The van der Waals surface area contributed by atoms with Crippen LogP contribution >= 0.6 is 0 Å². The number of hydrogen-bond donors (Lipinski definition) is 1. The fourth-order valence-electron chi connectivity index (χ4n) is 2.54. The lowest BCUT2D eigenvalue weighted by molar-refractivity contribution is -0.286. The van der Waals surface area contributed by atoms with Crippen molar-refractivity contribution in [1.82, 2.24) is 10.1 Å². The van der Waals surface area contributed by atoms with E-state index in [0.717, 1.165) is 0 Å². The number of amides is 1. The van der Waals surface area contributed by atoms with E-state index in [-0.39, 0.29) is 53.5 Å². The predicted molar refractivity (Wildman–Crippen MR) is 89.3 cm³/mol. The van der Waals surface area contributed by atoms with Crippen LogP contribution < -0.4 is 14.8 Å². The topological polar surface area (TPSA) is 86.5 Å². The molecule has 2 aromatic carbocycles. The van der Waals surface area contributed by atoms with Gasteiger partial charge in [-0.2, -0.15) is 4.98 Å². The smallest absolute Gasteiger partial charge is 0.395 e. The molecule has 10 heteroatoms. The molecule has 144 valence electrons. The summed E-state index contributed by atoms with van der Waals surface area (Å²) < 4.78 is 52.7. The minimum atomic E-state index is -3.72. The number of fused-ring (bicyclic) bond motifs is 1. The van der Waals surface area contributed by atoms with Crippen molar-refractivity contribution in [2.45, 2.75) is 19.1 Å². The number of aryl methyl sites for hydroxylation is 1. The average molecular weight is 391 g/mol. The number of nitrogens with zero attached hydrogens (tertiary/aromatic N) is 2. The Balaban J connectivity index is 1.34. The quantitative estimate of drug-likeness (QED) is 0.713. The Hall–Kier alpha value is -3.56. The molecule has 0 saturated heterocycles. The zero-order valence-electron chi connectivity index (χ0n) is 14.1. The van der Waals surface area contributed by atoms with Crippen molar-refractivity contribution < 1.29 is 32.0 Å². The van der Waals surface area contributed by atoms with Crippen LogP contribution in [0.15, 0.2) is 47.0 Å². The number of carbonyl (C=O) groups excluding carboxylic acids is 1. The SMILES string of the molecule is O=C(CCc1nc(-c2ccc(F)cc2)no1)Nc1ccc2c(c1)OC(F)(F)O2. The molecule has 4 rings (SSSR count). The van der Waals surface area contributed by atoms with Gasteiger partial charge in [-0.25, -0.2) is 4.39 Å². The van der Waals surface area contributed by atoms with Crippen molar-refractivity contribution in [2.75, 3.05) is 5.32 Å². The van der Waals surface area contributed by atoms with Crippen molar-refractivity contribution in [3.8, 4) is 22.9 Å². The minimum Gasteiger partial charge on any atom is -0.395 e. The maximum absolute atomic E-state index is 13.0. The van der Waals surface area contributed by atoms with Gasteiger partial charge in [0.25, 0.3) is 0 Å². The van der Waals surface area contributed by atoms with Crippen LogP contribution in [0.3, 0.4) is 0 Å². The summed E-state index contributed by atoms with van der Waals surface area (Å²) in [4.78, 5) is 16.2. The van der Waals surface area contributed by atoms with Crippen molar-refractivity contribution >= 4 is 11.6 Å². The second-order valence-corrected chi connectivity index (χ2v) is 5.90. The molecular formula is C18H12F3N3O4. The van der Waals surface area contributed by atoms with E-state index in [4.69, 9.17) is 4.52 Å². The number of halogens is 3. The first-order valence-corrected chi connectivity index (χ1v) is 8.16. The van der Waals surface area contributed by atoms with Crippen molar-refractivity contribution in [3.05, 3.63) is 54.2 Å². The molecule has 0 bridgehead atoms. The third kappa shape index (κ3) is 3.90. The maximum Gasteiger partial charge on any atom is 0.586 e. The lowest BCUT2D eigenvalue weighted by Gasteiger charge is -2.05. The average Bonchev–Trinajstić information content (AvgIpc) is 3.23. The predicted octanol–water partition coefficient (Wildman–Crippen LogP) is 3.77. The van der Waals surface area contributed by atoms with Crippen LogP contribution in [-0.4, -0.2) is 22.3 Å². The highest BCUT2D eigenvalue weighted by atomic mass is 19.3. The number of rotatable bonds is 5. The van der Waals surface area contributed by atoms with Crippen LogP contribution in [0.1, 0.15) is 12.3 Å². The summed E-state index contributed by atoms with van der Waals surface area (Å²) in [7, 11) is 0. The molecule has 1 aromatic heterocycles. The van der Waals surface area contributed by atoms with Crippen LogP contribution in [0, 0.1) is 5.82 Å².